The molecule has 0 saturated carbocycles. The van der Waals surface area contributed by atoms with E-state index in [-0.39, 0.29) is 0 Å². The van der Waals surface area contributed by atoms with Gasteiger partial charge >= 0.3 is 0 Å². The normalized spacial score (nSPS) is 9.77. The molecule has 0 unspecified atom stereocenters. The first-order chi connectivity index (χ1) is 10.7. The number of ether oxygens (including phenoxy) is 2. The Bertz CT molecular complexity index is 530. The second kappa shape index (κ2) is 10.7. The van der Waals surface area contributed by atoms with Crippen molar-refractivity contribution in [1.29, 1.82) is 0 Å². The first-order valence-electron chi connectivity index (χ1n) is 7.28. The number of carbonyl (C=O) groups excluding carboxylic acids is 1. The van der Waals surface area contributed by atoms with E-state index < -0.39 is 0 Å². The van der Waals surface area contributed by atoms with E-state index in [4.69, 9.17) is 4.74 Å². The van der Waals surface area contributed by atoms with Gasteiger partial charge in [-0.15, -0.1) is 0 Å². The molecule has 0 fully saturated rings. The van der Waals surface area contributed by atoms with Crippen LogP contribution in [0.5, 0.6) is 0 Å². The van der Waals surface area contributed by atoms with Gasteiger partial charge in [-0.05, 0) is 29.5 Å². The lowest BCUT2D eigenvalue weighted by molar-refractivity contribution is 0.112. The highest BCUT2D eigenvalue weighted by atomic mass is 16.5. The van der Waals surface area contributed by atoms with Gasteiger partial charge < -0.3 is 9.47 Å². The van der Waals surface area contributed by atoms with Gasteiger partial charge in [-0.1, -0.05) is 48.5 Å². The fourth-order valence-corrected chi connectivity index (χ4v) is 2.04. The van der Waals surface area contributed by atoms with Gasteiger partial charge in [0.15, 0.2) is 0 Å². The lowest BCUT2D eigenvalue weighted by Crippen LogP contribution is -1.92. The summed E-state index contributed by atoms with van der Waals surface area (Å²) in [7, 11) is 4.98. The zero-order chi connectivity index (χ0) is 16.2. The number of hydrogen-bond acceptors (Lipinski definition) is 3. The molecule has 0 bridgehead atoms. The van der Waals surface area contributed by atoms with Crippen molar-refractivity contribution >= 4 is 6.29 Å². The Morgan fingerprint density at radius 3 is 1.82 bits per heavy atom. The quantitative estimate of drug-likeness (QED) is 0.597. The number of benzene rings is 2. The molecule has 0 atom stereocenters. The molecule has 0 saturated heterocycles. The van der Waals surface area contributed by atoms with Crippen LogP contribution >= 0.6 is 0 Å². The Hall–Kier alpha value is -1.97. The molecular formula is C19H24O3. The van der Waals surface area contributed by atoms with Gasteiger partial charge in [-0.25, -0.2) is 0 Å². The van der Waals surface area contributed by atoms with Crippen molar-refractivity contribution in [2.75, 3.05) is 27.9 Å². The zero-order valence-electron chi connectivity index (χ0n) is 13.5. The fourth-order valence-electron chi connectivity index (χ4n) is 2.04. The molecule has 22 heavy (non-hydrogen) atoms. The van der Waals surface area contributed by atoms with Crippen molar-refractivity contribution in [3.05, 3.63) is 59.7 Å². The molecule has 2 aromatic rings. The van der Waals surface area contributed by atoms with Crippen LogP contribution < -0.4 is 0 Å². The maximum atomic E-state index is 10.6. The predicted octanol–water partition coefficient (Wildman–Crippen LogP) is 4.01. The number of hydrogen-bond donors (Lipinski definition) is 0. The van der Waals surface area contributed by atoms with Gasteiger partial charge in [0, 0.05) is 33.5 Å². The second-order valence-corrected chi connectivity index (χ2v) is 4.94. The summed E-state index contributed by atoms with van der Waals surface area (Å²) in [5.41, 5.74) is 4.34. The third kappa shape index (κ3) is 6.20. The van der Waals surface area contributed by atoms with Crippen molar-refractivity contribution in [3.63, 3.8) is 0 Å². The van der Waals surface area contributed by atoms with Crippen LogP contribution in [0, 0.1) is 0 Å². The highest BCUT2D eigenvalue weighted by Crippen LogP contribution is 2.20. The molecular weight excluding hydrogens is 276 g/mol. The molecule has 0 amide bonds. The number of methoxy groups -OCH3 is 2. The van der Waals surface area contributed by atoms with Gasteiger partial charge in [0.25, 0.3) is 0 Å². The van der Waals surface area contributed by atoms with Crippen molar-refractivity contribution in [3.8, 4) is 11.1 Å². The van der Waals surface area contributed by atoms with Gasteiger partial charge in [0.1, 0.15) is 6.29 Å². The summed E-state index contributed by atoms with van der Waals surface area (Å²) in [5, 5.41) is 0. The average molecular weight is 300 g/mol. The van der Waals surface area contributed by atoms with Crippen LogP contribution in [0.3, 0.4) is 0 Å². The maximum Gasteiger partial charge on any atom is 0.150 e. The van der Waals surface area contributed by atoms with Crippen molar-refractivity contribution in [2.24, 2.45) is 0 Å². The number of aldehydes is 1. The number of aryl methyl sites for hydroxylation is 1. The first kappa shape index (κ1) is 18.1. The van der Waals surface area contributed by atoms with Gasteiger partial charge in [0.2, 0.25) is 0 Å². The molecule has 0 aliphatic carbocycles. The minimum Gasteiger partial charge on any atom is -0.388 e. The maximum absolute atomic E-state index is 10.6. The summed E-state index contributed by atoms with van der Waals surface area (Å²) in [4.78, 5) is 10.6. The summed E-state index contributed by atoms with van der Waals surface area (Å²) < 4.78 is 9.30. The largest absolute Gasteiger partial charge is 0.388 e. The SMILES string of the molecule is COC.COCCCc1ccc(-c2ccc(C=O)cc2)cc1. The molecule has 0 spiro atoms. The lowest BCUT2D eigenvalue weighted by Gasteiger charge is -2.05. The molecule has 0 aliphatic heterocycles. The van der Waals surface area contributed by atoms with Crippen LogP contribution in [0.25, 0.3) is 11.1 Å². The van der Waals surface area contributed by atoms with Crippen molar-refractivity contribution in [2.45, 2.75) is 12.8 Å². The molecule has 0 aromatic heterocycles. The number of rotatable bonds is 6. The van der Waals surface area contributed by atoms with Gasteiger partial charge in [0.05, 0.1) is 0 Å². The number of carbonyl (C=O) groups is 1. The molecule has 0 heterocycles. The third-order valence-electron chi connectivity index (χ3n) is 3.15. The summed E-state index contributed by atoms with van der Waals surface area (Å²) >= 11 is 0. The van der Waals surface area contributed by atoms with E-state index in [1.807, 2.05) is 24.3 Å². The Labute approximate surface area is 132 Å². The summed E-state index contributed by atoms with van der Waals surface area (Å²) in [6, 6.07) is 16.2. The minimum absolute atomic E-state index is 0.708. The highest BCUT2D eigenvalue weighted by Gasteiger charge is 1.99. The monoisotopic (exact) mass is 300 g/mol. The Morgan fingerprint density at radius 1 is 0.864 bits per heavy atom. The summed E-state index contributed by atoms with van der Waals surface area (Å²) in [6.45, 7) is 0.801. The van der Waals surface area contributed by atoms with E-state index in [2.05, 4.69) is 29.0 Å². The lowest BCUT2D eigenvalue weighted by atomic mass is 10.0. The Morgan fingerprint density at radius 2 is 1.36 bits per heavy atom. The molecule has 2 aromatic carbocycles. The van der Waals surface area contributed by atoms with E-state index in [1.165, 1.54) is 11.1 Å². The summed E-state index contributed by atoms with van der Waals surface area (Å²) in [5.74, 6) is 0. The Balaban J connectivity index is 0.000000745. The molecule has 0 radical (unpaired) electrons. The van der Waals surface area contributed by atoms with E-state index in [9.17, 15) is 4.79 Å². The van der Waals surface area contributed by atoms with Crippen LogP contribution in [0.2, 0.25) is 0 Å². The first-order valence-corrected chi connectivity index (χ1v) is 7.28. The summed E-state index contributed by atoms with van der Waals surface area (Å²) in [6.07, 6.45) is 2.95. The minimum atomic E-state index is 0.708. The average Bonchev–Trinajstić information content (AvgIpc) is 2.57. The molecule has 0 N–H and O–H groups in total. The van der Waals surface area contributed by atoms with Crippen LogP contribution in [0.15, 0.2) is 48.5 Å². The van der Waals surface area contributed by atoms with Crippen LogP contribution in [0.1, 0.15) is 22.3 Å². The van der Waals surface area contributed by atoms with Crippen LogP contribution in [0.4, 0.5) is 0 Å². The van der Waals surface area contributed by atoms with Crippen molar-refractivity contribution in [1.82, 2.24) is 0 Å². The van der Waals surface area contributed by atoms with E-state index in [1.54, 1.807) is 21.3 Å². The van der Waals surface area contributed by atoms with Crippen molar-refractivity contribution < 1.29 is 14.3 Å². The van der Waals surface area contributed by atoms with Gasteiger partial charge in [-0.2, -0.15) is 0 Å². The fraction of sp³-hybridized carbons (Fsp3) is 0.316. The van der Waals surface area contributed by atoms with Gasteiger partial charge in [-0.3, -0.25) is 4.79 Å². The topological polar surface area (TPSA) is 35.5 Å². The van der Waals surface area contributed by atoms with E-state index in [0.717, 1.165) is 31.3 Å². The standard InChI is InChI=1S/C17H18O2.C2H6O/c1-19-12-2-3-14-4-8-16(9-5-14)17-10-6-15(13-18)7-11-17;1-3-2/h4-11,13H,2-3,12H2,1H3;1-2H3. The van der Waals surface area contributed by atoms with Crippen LogP contribution in [-0.4, -0.2) is 34.2 Å². The van der Waals surface area contributed by atoms with E-state index in [0.29, 0.717) is 5.56 Å². The van der Waals surface area contributed by atoms with E-state index >= 15 is 0 Å². The molecule has 0 aliphatic rings. The molecule has 3 nitrogen and oxygen atoms in total. The predicted molar refractivity (Wildman–Crippen MR) is 90.4 cm³/mol. The smallest absolute Gasteiger partial charge is 0.150 e. The molecule has 2 rings (SSSR count). The molecule has 3 heteroatoms. The Kier molecular flexibility index (Phi) is 8.80. The molecule has 118 valence electrons. The third-order valence-corrected chi connectivity index (χ3v) is 3.15. The second-order valence-electron chi connectivity index (χ2n) is 4.94. The zero-order valence-corrected chi connectivity index (χ0v) is 13.5. The highest BCUT2D eigenvalue weighted by molar-refractivity contribution is 5.76. The van der Waals surface area contributed by atoms with Crippen LogP contribution in [-0.2, 0) is 15.9 Å².